The predicted molar refractivity (Wildman–Crippen MR) is 115 cm³/mol. The van der Waals surface area contributed by atoms with E-state index < -0.39 is 23.6 Å². The van der Waals surface area contributed by atoms with Crippen molar-refractivity contribution in [1.29, 1.82) is 0 Å². The van der Waals surface area contributed by atoms with Crippen LogP contribution in [0, 0.1) is 23.4 Å². The Bertz CT molecular complexity index is 1170. The first kappa shape index (κ1) is 20.8. The van der Waals surface area contributed by atoms with Crippen molar-refractivity contribution in [2.75, 3.05) is 11.4 Å². The lowest BCUT2D eigenvalue weighted by molar-refractivity contribution is -0.133. The zero-order valence-corrected chi connectivity index (χ0v) is 17.6. The van der Waals surface area contributed by atoms with Gasteiger partial charge in [-0.1, -0.05) is 29.8 Å². The minimum Gasteiger partial charge on any atom is -0.366 e. The van der Waals surface area contributed by atoms with Gasteiger partial charge in [0.2, 0.25) is 5.91 Å². The number of anilines is 1. The molecule has 3 aromatic rings. The molecule has 2 atom stereocenters. The summed E-state index contributed by atoms with van der Waals surface area (Å²) < 4.78 is 41.7. The van der Waals surface area contributed by atoms with Gasteiger partial charge in [0.1, 0.15) is 17.5 Å². The summed E-state index contributed by atoms with van der Waals surface area (Å²) in [6, 6.07) is 14.6. The first-order valence-corrected chi connectivity index (χ1v) is 10.6. The van der Waals surface area contributed by atoms with E-state index in [1.165, 1.54) is 41.4 Å². The number of carbonyl (C=O) groups is 1. The van der Waals surface area contributed by atoms with Crippen LogP contribution in [0.5, 0.6) is 0 Å². The van der Waals surface area contributed by atoms with Crippen LogP contribution < -0.4 is 10.3 Å². The quantitative estimate of drug-likeness (QED) is 0.600. The minimum absolute atomic E-state index is 0.0417. The van der Waals surface area contributed by atoms with Gasteiger partial charge in [0.05, 0.1) is 18.5 Å². The molecule has 32 heavy (non-hydrogen) atoms. The summed E-state index contributed by atoms with van der Waals surface area (Å²) in [4.78, 5) is 15.2. The van der Waals surface area contributed by atoms with E-state index in [-0.39, 0.29) is 28.9 Å². The third-order valence-corrected chi connectivity index (χ3v) is 6.38. The number of hydrogen-bond acceptors (Lipinski definition) is 3. The average molecular weight is 458 g/mol. The predicted octanol–water partition coefficient (Wildman–Crippen LogP) is 4.98. The van der Waals surface area contributed by atoms with Crippen molar-refractivity contribution < 1.29 is 18.0 Å². The Hall–Kier alpha value is -3.03. The third-order valence-electron chi connectivity index (χ3n) is 6.03. The van der Waals surface area contributed by atoms with E-state index in [1.807, 2.05) is 4.90 Å². The molecule has 2 heterocycles. The van der Waals surface area contributed by atoms with Gasteiger partial charge in [0.25, 0.3) is 0 Å². The molecule has 5 rings (SSSR count). The van der Waals surface area contributed by atoms with Gasteiger partial charge in [-0.05, 0) is 53.6 Å². The van der Waals surface area contributed by atoms with Crippen LogP contribution in [0.3, 0.4) is 0 Å². The summed E-state index contributed by atoms with van der Waals surface area (Å²) in [7, 11) is 0. The molecule has 0 aromatic heterocycles. The Morgan fingerprint density at radius 1 is 0.969 bits per heavy atom. The molecule has 3 aromatic carbocycles. The van der Waals surface area contributed by atoms with Gasteiger partial charge in [0, 0.05) is 29.4 Å². The van der Waals surface area contributed by atoms with Gasteiger partial charge >= 0.3 is 0 Å². The number of hydrogen-bond donors (Lipinski definition) is 1. The molecule has 0 radical (unpaired) electrons. The van der Waals surface area contributed by atoms with Crippen LogP contribution in [0.25, 0.3) is 0 Å². The van der Waals surface area contributed by atoms with Crippen LogP contribution in [0.4, 0.5) is 18.9 Å². The number of carbonyl (C=O) groups excluding carboxylic acids is 1. The van der Waals surface area contributed by atoms with E-state index in [0.29, 0.717) is 18.7 Å². The number of nitrogens with one attached hydrogen (secondary N) is 1. The maximum atomic E-state index is 14.3. The highest BCUT2D eigenvalue weighted by Crippen LogP contribution is 2.42. The van der Waals surface area contributed by atoms with Crippen LogP contribution in [0.1, 0.15) is 22.7 Å². The minimum atomic E-state index is -0.494. The molecule has 1 saturated heterocycles. The van der Waals surface area contributed by atoms with Crippen molar-refractivity contribution in [3.8, 4) is 0 Å². The van der Waals surface area contributed by atoms with Gasteiger partial charge in [-0.2, -0.15) is 0 Å². The fourth-order valence-electron chi connectivity index (χ4n) is 4.46. The lowest BCUT2D eigenvalue weighted by atomic mass is 9.88. The van der Waals surface area contributed by atoms with Crippen molar-refractivity contribution in [3.05, 3.63) is 99.8 Å². The van der Waals surface area contributed by atoms with Crippen molar-refractivity contribution in [2.45, 2.75) is 19.1 Å². The zero-order valence-electron chi connectivity index (χ0n) is 16.9. The van der Waals surface area contributed by atoms with Crippen LogP contribution in [0.15, 0.2) is 60.7 Å². The zero-order chi connectivity index (χ0) is 22.4. The van der Waals surface area contributed by atoms with Gasteiger partial charge in [-0.3, -0.25) is 9.80 Å². The molecule has 2 aliphatic rings. The van der Waals surface area contributed by atoms with E-state index in [1.54, 1.807) is 24.3 Å². The van der Waals surface area contributed by atoms with Gasteiger partial charge in [0.15, 0.2) is 0 Å². The largest absolute Gasteiger partial charge is 0.366 e. The first-order chi connectivity index (χ1) is 15.4. The summed E-state index contributed by atoms with van der Waals surface area (Å²) in [5.74, 6) is -1.93. The van der Waals surface area contributed by atoms with Gasteiger partial charge < -0.3 is 4.90 Å². The summed E-state index contributed by atoms with van der Waals surface area (Å²) in [5.41, 5.74) is 5.67. The summed E-state index contributed by atoms with van der Waals surface area (Å²) in [5, 5.41) is 1.59. The Kier molecular flexibility index (Phi) is 5.31. The highest BCUT2D eigenvalue weighted by molar-refractivity contribution is 6.31. The number of halogens is 4. The molecule has 0 saturated carbocycles. The maximum absolute atomic E-state index is 14.3. The number of rotatable bonds is 4. The van der Waals surface area contributed by atoms with Crippen LogP contribution in [-0.4, -0.2) is 17.5 Å². The molecule has 164 valence electrons. The molecule has 2 aliphatic heterocycles. The topological polar surface area (TPSA) is 35.6 Å². The summed E-state index contributed by atoms with van der Waals surface area (Å²) in [6.45, 7) is 0.780. The van der Waals surface area contributed by atoms with Crippen LogP contribution >= 0.6 is 11.6 Å². The van der Waals surface area contributed by atoms with Crippen LogP contribution in [-0.2, 0) is 17.9 Å². The standard InChI is InChI=1S/C24H19ClF3N3O/c25-20-2-1-3-21(28)18(20)13-31-24(32)19-12-30(11-14-4-6-15(26)7-5-14)22-9-8-16(27)10-17(22)23(19)29-31/h1-10,19,23,29H,11-13H2. The van der Waals surface area contributed by atoms with E-state index in [9.17, 15) is 18.0 Å². The third kappa shape index (κ3) is 3.72. The van der Waals surface area contributed by atoms with E-state index in [2.05, 4.69) is 5.43 Å². The van der Waals surface area contributed by atoms with Crippen molar-refractivity contribution in [3.63, 3.8) is 0 Å². The van der Waals surface area contributed by atoms with E-state index >= 15 is 0 Å². The second kappa shape index (κ2) is 8.15. The first-order valence-electron chi connectivity index (χ1n) is 10.2. The molecule has 0 spiro atoms. The summed E-state index contributed by atoms with van der Waals surface area (Å²) in [6.07, 6.45) is 0. The molecule has 1 amide bonds. The maximum Gasteiger partial charge on any atom is 0.243 e. The van der Waals surface area contributed by atoms with E-state index in [4.69, 9.17) is 11.6 Å². The Morgan fingerprint density at radius 3 is 2.47 bits per heavy atom. The smallest absolute Gasteiger partial charge is 0.243 e. The van der Waals surface area contributed by atoms with Crippen molar-refractivity contribution in [2.24, 2.45) is 5.92 Å². The molecule has 1 N–H and O–H groups in total. The van der Waals surface area contributed by atoms with Crippen LogP contribution in [0.2, 0.25) is 5.02 Å². The number of fused-ring (bicyclic) bond motifs is 3. The molecule has 4 nitrogen and oxygen atoms in total. The lowest BCUT2D eigenvalue weighted by Crippen LogP contribution is -2.39. The number of nitrogens with zero attached hydrogens (tertiary/aromatic N) is 2. The second-order valence-corrected chi connectivity index (χ2v) is 8.46. The van der Waals surface area contributed by atoms with E-state index in [0.717, 1.165) is 11.3 Å². The summed E-state index contributed by atoms with van der Waals surface area (Å²) >= 11 is 6.14. The molecule has 0 bridgehead atoms. The SMILES string of the molecule is O=C1C2CN(Cc3ccc(F)cc3)c3ccc(F)cc3C2NN1Cc1c(F)cccc1Cl. The highest BCUT2D eigenvalue weighted by Gasteiger charge is 2.46. The monoisotopic (exact) mass is 457 g/mol. The van der Waals surface area contributed by atoms with Gasteiger partial charge in [-0.25, -0.2) is 18.6 Å². The molecule has 8 heteroatoms. The Balaban J connectivity index is 1.46. The normalized spacial score (nSPS) is 19.8. The molecule has 1 fully saturated rings. The average Bonchev–Trinajstić information content (AvgIpc) is 3.08. The molecule has 0 aliphatic carbocycles. The molecule has 2 unspecified atom stereocenters. The number of hydrazine groups is 1. The van der Waals surface area contributed by atoms with Crippen molar-refractivity contribution >= 4 is 23.2 Å². The van der Waals surface area contributed by atoms with Gasteiger partial charge in [-0.15, -0.1) is 0 Å². The lowest BCUT2D eigenvalue weighted by Gasteiger charge is -2.36. The molecular formula is C24H19ClF3N3O. The number of amides is 1. The Labute approximate surface area is 188 Å². The highest BCUT2D eigenvalue weighted by atomic mass is 35.5. The second-order valence-electron chi connectivity index (χ2n) is 8.05. The Morgan fingerprint density at radius 2 is 1.72 bits per heavy atom. The fourth-order valence-corrected chi connectivity index (χ4v) is 4.68. The van der Waals surface area contributed by atoms with Crippen molar-refractivity contribution in [1.82, 2.24) is 10.4 Å². The molecular weight excluding hydrogens is 439 g/mol. The number of benzene rings is 3. The fraction of sp³-hybridized carbons (Fsp3) is 0.208.